The molecule has 0 atom stereocenters. The zero-order valence-corrected chi connectivity index (χ0v) is 19.9. The van der Waals surface area contributed by atoms with Gasteiger partial charge in [-0.05, 0) is 31.5 Å². The van der Waals surface area contributed by atoms with Gasteiger partial charge in [0.05, 0.1) is 11.2 Å². The van der Waals surface area contributed by atoms with Gasteiger partial charge in [0.1, 0.15) is 23.0 Å². The van der Waals surface area contributed by atoms with Gasteiger partial charge in [-0.15, -0.1) is 10.2 Å². The van der Waals surface area contributed by atoms with Crippen LogP contribution in [0, 0.1) is 19.7 Å². The van der Waals surface area contributed by atoms with Crippen LogP contribution in [-0.2, 0) is 6.54 Å². The summed E-state index contributed by atoms with van der Waals surface area (Å²) in [6.45, 7) is 5.25. The van der Waals surface area contributed by atoms with Gasteiger partial charge in [-0.2, -0.15) is 0 Å². The van der Waals surface area contributed by atoms with Crippen LogP contribution in [0.25, 0.3) is 32.7 Å². The first-order valence-electron chi connectivity index (χ1n) is 11.0. The molecule has 0 amide bonds. The van der Waals surface area contributed by atoms with Crippen molar-refractivity contribution >= 4 is 33.2 Å². The highest BCUT2D eigenvalue weighted by atomic mass is 32.1. The van der Waals surface area contributed by atoms with Gasteiger partial charge in [-0.25, -0.2) is 14.4 Å². The fraction of sp³-hybridized carbons (Fsp3) is 0.200. The number of nitrogens with one attached hydrogen (secondary N) is 2. The summed E-state index contributed by atoms with van der Waals surface area (Å²) in [4.78, 5) is 8.77. The zero-order chi connectivity index (χ0) is 23.7. The number of aryl methyl sites for hydroxylation is 2. The highest BCUT2D eigenvalue weighted by Crippen LogP contribution is 2.29. The number of aromatic nitrogens is 5. The lowest BCUT2D eigenvalue weighted by atomic mass is 10.1. The maximum absolute atomic E-state index is 14.5. The van der Waals surface area contributed by atoms with E-state index in [1.165, 1.54) is 17.4 Å². The van der Waals surface area contributed by atoms with Gasteiger partial charge >= 0.3 is 0 Å². The van der Waals surface area contributed by atoms with E-state index in [2.05, 4.69) is 30.8 Å². The molecule has 172 valence electrons. The Morgan fingerprint density at radius 3 is 2.53 bits per heavy atom. The van der Waals surface area contributed by atoms with Gasteiger partial charge in [0.15, 0.2) is 0 Å². The van der Waals surface area contributed by atoms with Crippen molar-refractivity contribution in [2.75, 3.05) is 24.2 Å². The summed E-state index contributed by atoms with van der Waals surface area (Å²) < 4.78 is 16.5. The lowest BCUT2D eigenvalue weighted by molar-refractivity contribution is 0.621. The predicted octanol–water partition coefficient (Wildman–Crippen LogP) is 5.53. The van der Waals surface area contributed by atoms with Crippen LogP contribution in [0.15, 0.2) is 54.9 Å². The zero-order valence-electron chi connectivity index (χ0n) is 19.1. The molecule has 2 aromatic carbocycles. The molecular weight excluding hydrogens is 449 g/mol. The maximum Gasteiger partial charge on any atom is 0.205 e. The molecule has 0 aliphatic carbocycles. The summed E-state index contributed by atoms with van der Waals surface area (Å²) in [6.07, 6.45) is 1.55. The van der Waals surface area contributed by atoms with Crippen molar-refractivity contribution in [3.05, 3.63) is 71.9 Å². The monoisotopic (exact) mass is 473 g/mol. The first-order valence-corrected chi connectivity index (χ1v) is 11.8. The van der Waals surface area contributed by atoms with E-state index in [4.69, 9.17) is 0 Å². The highest BCUT2D eigenvalue weighted by Gasteiger charge is 2.12. The fourth-order valence-corrected chi connectivity index (χ4v) is 4.72. The third-order valence-electron chi connectivity index (χ3n) is 5.81. The molecule has 0 aliphatic rings. The maximum atomic E-state index is 14.5. The SMILES string of the molecule is CNc1nnc(-c2ccc(-c3cc(NCCn4c(C)cc5c(C)ccc(F)c54)ncn3)cc2)s1. The smallest absolute Gasteiger partial charge is 0.205 e. The molecule has 0 bridgehead atoms. The van der Waals surface area contributed by atoms with Crippen molar-refractivity contribution in [2.24, 2.45) is 0 Å². The Morgan fingerprint density at radius 2 is 1.76 bits per heavy atom. The van der Waals surface area contributed by atoms with Crippen molar-refractivity contribution in [1.82, 2.24) is 24.7 Å². The molecule has 0 saturated heterocycles. The molecule has 5 aromatic rings. The Hall–Kier alpha value is -3.85. The van der Waals surface area contributed by atoms with E-state index in [0.717, 1.165) is 49.4 Å². The second kappa shape index (κ2) is 9.18. The van der Waals surface area contributed by atoms with Crippen LogP contribution in [0.2, 0.25) is 0 Å². The van der Waals surface area contributed by atoms with E-state index in [0.29, 0.717) is 18.6 Å². The average molecular weight is 474 g/mol. The van der Waals surface area contributed by atoms with Gasteiger partial charge < -0.3 is 15.2 Å². The van der Waals surface area contributed by atoms with Gasteiger partial charge in [0, 0.05) is 48.4 Å². The molecule has 7 nitrogen and oxygen atoms in total. The van der Waals surface area contributed by atoms with Gasteiger partial charge in [-0.3, -0.25) is 0 Å². The average Bonchev–Trinajstić information content (AvgIpc) is 3.47. The summed E-state index contributed by atoms with van der Waals surface area (Å²) in [5.74, 6) is 0.528. The molecule has 9 heteroatoms. The minimum atomic E-state index is -0.197. The molecule has 3 aromatic heterocycles. The molecule has 3 heterocycles. The lowest BCUT2D eigenvalue weighted by Crippen LogP contribution is -2.13. The van der Waals surface area contributed by atoms with Crippen molar-refractivity contribution in [3.8, 4) is 21.8 Å². The summed E-state index contributed by atoms with van der Waals surface area (Å²) >= 11 is 1.51. The van der Waals surface area contributed by atoms with E-state index in [1.54, 1.807) is 6.33 Å². The minimum Gasteiger partial charge on any atom is -0.368 e. The number of rotatable bonds is 7. The summed E-state index contributed by atoms with van der Waals surface area (Å²) in [5, 5.41) is 17.3. The largest absolute Gasteiger partial charge is 0.368 e. The number of hydrogen-bond acceptors (Lipinski definition) is 7. The molecule has 0 unspecified atom stereocenters. The molecule has 0 spiro atoms. The Balaban J connectivity index is 1.29. The van der Waals surface area contributed by atoms with E-state index >= 15 is 0 Å². The second-order valence-electron chi connectivity index (χ2n) is 8.02. The second-order valence-corrected chi connectivity index (χ2v) is 9.00. The van der Waals surface area contributed by atoms with Crippen molar-refractivity contribution in [3.63, 3.8) is 0 Å². The van der Waals surface area contributed by atoms with Crippen LogP contribution < -0.4 is 10.6 Å². The van der Waals surface area contributed by atoms with Crippen LogP contribution >= 0.6 is 11.3 Å². The van der Waals surface area contributed by atoms with Crippen LogP contribution in [0.1, 0.15) is 11.3 Å². The first kappa shape index (κ1) is 22.0. The normalized spacial score (nSPS) is 11.2. The number of halogens is 1. The van der Waals surface area contributed by atoms with Crippen molar-refractivity contribution < 1.29 is 4.39 Å². The third kappa shape index (κ3) is 4.22. The van der Waals surface area contributed by atoms with E-state index in [-0.39, 0.29) is 5.82 Å². The third-order valence-corrected chi connectivity index (χ3v) is 6.80. The molecule has 2 N–H and O–H groups in total. The Labute approximate surface area is 200 Å². The molecule has 34 heavy (non-hydrogen) atoms. The summed E-state index contributed by atoms with van der Waals surface area (Å²) in [7, 11) is 1.83. The number of fused-ring (bicyclic) bond motifs is 1. The summed E-state index contributed by atoms with van der Waals surface area (Å²) in [5.41, 5.74) is 5.57. The molecular formula is C25H24FN7S. The Morgan fingerprint density at radius 1 is 0.971 bits per heavy atom. The highest BCUT2D eigenvalue weighted by molar-refractivity contribution is 7.18. The van der Waals surface area contributed by atoms with E-state index < -0.39 is 0 Å². The molecule has 0 fully saturated rings. The molecule has 0 saturated carbocycles. The Bertz CT molecular complexity index is 1460. The predicted molar refractivity (Wildman–Crippen MR) is 136 cm³/mol. The standard InChI is InChI=1S/C25H24FN7S/c1-15-4-9-20(26)23-19(15)12-16(2)33(23)11-10-28-22-13-21(29-14-30-22)17-5-7-18(8-6-17)24-31-32-25(27-3)34-24/h4-9,12-14H,10-11H2,1-3H3,(H,27,32)(H,28,29,30). The first-order chi connectivity index (χ1) is 16.5. The molecule has 0 radical (unpaired) electrons. The van der Waals surface area contributed by atoms with Crippen LogP contribution in [-0.4, -0.2) is 38.3 Å². The quantitative estimate of drug-likeness (QED) is 0.324. The number of hydrogen-bond donors (Lipinski definition) is 2. The van der Waals surface area contributed by atoms with Gasteiger partial charge in [-0.1, -0.05) is 41.7 Å². The fourth-order valence-electron chi connectivity index (χ4n) is 4.02. The number of nitrogens with zero attached hydrogens (tertiary/aromatic N) is 5. The Kier molecular flexibility index (Phi) is 5.93. The van der Waals surface area contributed by atoms with Crippen LogP contribution in [0.3, 0.4) is 0 Å². The van der Waals surface area contributed by atoms with E-state index in [1.807, 2.05) is 67.9 Å². The van der Waals surface area contributed by atoms with Gasteiger partial charge in [0.2, 0.25) is 5.13 Å². The lowest BCUT2D eigenvalue weighted by Gasteiger charge is -2.11. The topological polar surface area (TPSA) is 80.5 Å². The van der Waals surface area contributed by atoms with Crippen molar-refractivity contribution in [1.29, 1.82) is 0 Å². The van der Waals surface area contributed by atoms with Crippen molar-refractivity contribution in [2.45, 2.75) is 20.4 Å². The minimum absolute atomic E-state index is 0.197. The molecule has 5 rings (SSSR count). The van der Waals surface area contributed by atoms with E-state index in [9.17, 15) is 4.39 Å². The summed E-state index contributed by atoms with van der Waals surface area (Å²) in [6, 6.07) is 15.4. The number of anilines is 2. The molecule has 0 aliphatic heterocycles. The van der Waals surface area contributed by atoms with Crippen LogP contribution in [0.4, 0.5) is 15.3 Å². The van der Waals surface area contributed by atoms with Gasteiger partial charge in [0.25, 0.3) is 0 Å². The van der Waals surface area contributed by atoms with Crippen LogP contribution in [0.5, 0.6) is 0 Å². The number of benzene rings is 2.